The van der Waals surface area contributed by atoms with Gasteiger partial charge in [0.05, 0.1) is 4.92 Å². The quantitative estimate of drug-likeness (QED) is 0.611. The molecule has 1 aromatic heterocycles. The predicted molar refractivity (Wildman–Crippen MR) is 71.0 cm³/mol. The first kappa shape index (κ1) is 14.2. The molecule has 0 unspecified atom stereocenters. The minimum absolute atomic E-state index is 0.0371. The van der Waals surface area contributed by atoms with E-state index in [0.717, 1.165) is 6.20 Å². The summed E-state index contributed by atoms with van der Waals surface area (Å²) in [5.74, 6) is -0.150. The number of piperidine rings is 1. The van der Waals surface area contributed by atoms with Crippen molar-refractivity contribution >= 4 is 17.4 Å². The Bertz CT molecular complexity index is 526. The molecule has 3 N–H and O–H groups in total. The van der Waals surface area contributed by atoms with Crippen LogP contribution in [0.1, 0.15) is 23.2 Å². The van der Waals surface area contributed by atoms with Crippen LogP contribution in [-0.4, -0.2) is 45.5 Å². The molecule has 2 rings (SSSR count). The number of nitrogen functional groups attached to an aromatic ring is 1. The van der Waals surface area contributed by atoms with Gasteiger partial charge in [-0.2, -0.15) is 0 Å². The van der Waals surface area contributed by atoms with E-state index in [1.54, 1.807) is 4.90 Å². The number of amides is 1. The van der Waals surface area contributed by atoms with E-state index in [-0.39, 0.29) is 29.6 Å². The molecule has 1 aliphatic rings. The van der Waals surface area contributed by atoms with Gasteiger partial charge in [0, 0.05) is 19.7 Å². The van der Waals surface area contributed by atoms with Gasteiger partial charge in [0.15, 0.2) is 0 Å². The number of carbonyl (C=O) groups is 1. The van der Waals surface area contributed by atoms with Gasteiger partial charge in [-0.1, -0.05) is 0 Å². The maximum atomic E-state index is 12.3. The van der Waals surface area contributed by atoms with Gasteiger partial charge in [-0.25, -0.2) is 4.98 Å². The number of hydrogen-bond donors (Lipinski definition) is 2. The summed E-state index contributed by atoms with van der Waals surface area (Å²) in [6, 6.07) is 1.23. The van der Waals surface area contributed by atoms with Crippen molar-refractivity contribution in [3.05, 3.63) is 27.9 Å². The SMILES string of the molecule is Nc1cc(C(=O)N2CCC(CO)CC2)c([N+](=O)[O-])cn1. The third-order valence-electron chi connectivity index (χ3n) is 3.49. The molecule has 1 saturated heterocycles. The van der Waals surface area contributed by atoms with Gasteiger partial charge in [0.2, 0.25) is 0 Å². The summed E-state index contributed by atoms with van der Waals surface area (Å²) < 4.78 is 0. The smallest absolute Gasteiger partial charge is 0.300 e. The maximum Gasteiger partial charge on any atom is 0.300 e. The number of aromatic nitrogens is 1. The highest BCUT2D eigenvalue weighted by molar-refractivity contribution is 5.98. The van der Waals surface area contributed by atoms with Crippen molar-refractivity contribution in [3.8, 4) is 0 Å². The molecule has 0 atom stereocenters. The van der Waals surface area contributed by atoms with Gasteiger partial charge in [-0.3, -0.25) is 14.9 Å². The van der Waals surface area contributed by atoms with Crippen LogP contribution < -0.4 is 5.73 Å². The Morgan fingerprint density at radius 3 is 2.75 bits per heavy atom. The van der Waals surface area contributed by atoms with Crippen molar-refractivity contribution in [3.63, 3.8) is 0 Å². The molecule has 108 valence electrons. The standard InChI is InChI=1S/C12H16N4O4/c13-11-5-9(10(6-14-11)16(19)20)12(18)15-3-1-8(7-17)2-4-15/h5-6,8,17H,1-4,7H2,(H2,13,14). The normalized spacial score (nSPS) is 16.1. The Balaban J connectivity index is 2.21. The second-order valence-electron chi connectivity index (χ2n) is 4.80. The molecular formula is C12H16N4O4. The highest BCUT2D eigenvalue weighted by Crippen LogP contribution is 2.24. The lowest BCUT2D eigenvalue weighted by molar-refractivity contribution is -0.385. The van der Waals surface area contributed by atoms with E-state index < -0.39 is 10.8 Å². The fourth-order valence-electron chi connectivity index (χ4n) is 2.27. The molecular weight excluding hydrogens is 264 g/mol. The van der Waals surface area contributed by atoms with E-state index in [2.05, 4.69) is 4.98 Å². The Morgan fingerprint density at radius 2 is 2.20 bits per heavy atom. The van der Waals surface area contributed by atoms with E-state index >= 15 is 0 Å². The van der Waals surface area contributed by atoms with Crippen LogP contribution >= 0.6 is 0 Å². The van der Waals surface area contributed by atoms with Crippen LogP contribution in [0.5, 0.6) is 0 Å². The summed E-state index contributed by atoms with van der Waals surface area (Å²) in [5.41, 5.74) is 5.12. The molecule has 0 saturated carbocycles. The lowest BCUT2D eigenvalue weighted by Crippen LogP contribution is -2.39. The largest absolute Gasteiger partial charge is 0.396 e. The highest BCUT2D eigenvalue weighted by Gasteiger charge is 2.28. The van der Waals surface area contributed by atoms with Crippen LogP contribution in [-0.2, 0) is 0 Å². The molecule has 0 radical (unpaired) electrons. The number of hydrogen-bond acceptors (Lipinski definition) is 6. The number of carbonyl (C=O) groups excluding carboxylic acids is 1. The van der Waals surface area contributed by atoms with Crippen LogP contribution in [0.3, 0.4) is 0 Å². The molecule has 0 bridgehead atoms. The topological polar surface area (TPSA) is 123 Å². The Kier molecular flexibility index (Phi) is 4.14. The van der Waals surface area contributed by atoms with Gasteiger partial charge >= 0.3 is 0 Å². The second kappa shape index (κ2) is 5.83. The fourth-order valence-corrected chi connectivity index (χ4v) is 2.27. The van der Waals surface area contributed by atoms with Crippen LogP contribution in [0.15, 0.2) is 12.3 Å². The zero-order valence-electron chi connectivity index (χ0n) is 10.9. The first-order valence-electron chi connectivity index (χ1n) is 6.33. The van der Waals surface area contributed by atoms with Crippen LogP contribution in [0.2, 0.25) is 0 Å². The molecule has 0 aliphatic carbocycles. The van der Waals surface area contributed by atoms with E-state index in [9.17, 15) is 14.9 Å². The van der Waals surface area contributed by atoms with Crippen LogP contribution in [0.4, 0.5) is 11.5 Å². The number of likely N-dealkylation sites (tertiary alicyclic amines) is 1. The lowest BCUT2D eigenvalue weighted by Gasteiger charge is -2.31. The summed E-state index contributed by atoms with van der Waals surface area (Å²) in [6.45, 7) is 1.05. The van der Waals surface area contributed by atoms with Crippen LogP contribution in [0.25, 0.3) is 0 Å². The van der Waals surface area contributed by atoms with Gasteiger partial charge in [-0.15, -0.1) is 0 Å². The van der Waals surface area contributed by atoms with Gasteiger partial charge in [0.1, 0.15) is 17.6 Å². The highest BCUT2D eigenvalue weighted by atomic mass is 16.6. The van der Waals surface area contributed by atoms with Crippen molar-refractivity contribution in [1.29, 1.82) is 0 Å². The predicted octanol–water partition coefficient (Wildman–Crippen LogP) is 0.417. The minimum atomic E-state index is -0.639. The molecule has 0 aromatic carbocycles. The van der Waals surface area contributed by atoms with E-state index in [1.807, 2.05) is 0 Å². The average Bonchev–Trinajstić information content (AvgIpc) is 2.46. The molecule has 2 heterocycles. The number of aliphatic hydroxyl groups excluding tert-OH is 1. The van der Waals surface area contributed by atoms with E-state index in [0.29, 0.717) is 25.9 Å². The second-order valence-corrected chi connectivity index (χ2v) is 4.80. The first-order chi connectivity index (χ1) is 9.52. The third kappa shape index (κ3) is 2.85. The minimum Gasteiger partial charge on any atom is -0.396 e. The maximum absolute atomic E-state index is 12.3. The number of nitro groups is 1. The number of nitrogens with zero attached hydrogens (tertiary/aromatic N) is 3. The molecule has 20 heavy (non-hydrogen) atoms. The van der Waals surface area contributed by atoms with Crippen molar-refractivity contribution in [2.24, 2.45) is 5.92 Å². The summed E-state index contributed by atoms with van der Waals surface area (Å²) in [7, 11) is 0. The van der Waals surface area contributed by atoms with E-state index in [1.165, 1.54) is 6.07 Å². The molecule has 0 spiro atoms. The molecule has 1 aromatic rings. The third-order valence-corrected chi connectivity index (χ3v) is 3.49. The van der Waals surface area contributed by atoms with Gasteiger partial charge in [0.25, 0.3) is 11.6 Å². The number of anilines is 1. The van der Waals surface area contributed by atoms with E-state index in [4.69, 9.17) is 10.8 Å². The number of rotatable bonds is 3. The zero-order chi connectivity index (χ0) is 14.7. The fraction of sp³-hybridized carbons (Fsp3) is 0.500. The lowest BCUT2D eigenvalue weighted by atomic mass is 9.97. The van der Waals surface area contributed by atoms with Crippen molar-refractivity contribution in [2.45, 2.75) is 12.8 Å². The summed E-state index contributed by atoms with van der Waals surface area (Å²) in [5, 5.41) is 20.0. The molecule has 8 heteroatoms. The van der Waals surface area contributed by atoms with Gasteiger partial charge in [-0.05, 0) is 24.8 Å². The van der Waals surface area contributed by atoms with Crippen molar-refractivity contribution in [1.82, 2.24) is 9.88 Å². The van der Waals surface area contributed by atoms with Crippen LogP contribution in [0, 0.1) is 16.0 Å². The monoisotopic (exact) mass is 280 g/mol. The Labute approximate surface area is 115 Å². The Hall–Kier alpha value is -2.22. The zero-order valence-corrected chi connectivity index (χ0v) is 10.9. The summed E-state index contributed by atoms with van der Waals surface area (Å²) in [4.78, 5) is 27.8. The average molecular weight is 280 g/mol. The van der Waals surface area contributed by atoms with Crippen molar-refractivity contribution in [2.75, 3.05) is 25.4 Å². The Morgan fingerprint density at radius 1 is 1.55 bits per heavy atom. The number of pyridine rings is 1. The molecule has 1 aliphatic heterocycles. The first-order valence-corrected chi connectivity index (χ1v) is 6.33. The van der Waals surface area contributed by atoms with Crippen molar-refractivity contribution < 1.29 is 14.8 Å². The molecule has 1 fully saturated rings. The number of nitrogens with two attached hydrogens (primary N) is 1. The summed E-state index contributed by atoms with van der Waals surface area (Å²) >= 11 is 0. The molecule has 1 amide bonds. The molecule has 8 nitrogen and oxygen atoms in total. The van der Waals surface area contributed by atoms with Gasteiger partial charge < -0.3 is 15.7 Å². The number of aliphatic hydroxyl groups is 1. The summed E-state index contributed by atoms with van der Waals surface area (Å²) in [6.07, 6.45) is 2.39.